The van der Waals surface area contributed by atoms with E-state index in [2.05, 4.69) is 26.1 Å². The molecule has 2 spiro atoms. The van der Waals surface area contributed by atoms with Crippen LogP contribution in [0.3, 0.4) is 0 Å². The van der Waals surface area contributed by atoms with Gasteiger partial charge in [0.25, 0.3) is 5.91 Å². The van der Waals surface area contributed by atoms with E-state index >= 15 is 0 Å². The number of hydrogen-bond donors (Lipinski definition) is 4. The Labute approximate surface area is 398 Å². The zero-order chi connectivity index (χ0) is 49.4. The third-order valence-corrected chi connectivity index (χ3v) is 16.7. The van der Waals surface area contributed by atoms with Crippen molar-refractivity contribution in [2.24, 2.45) is 41.4 Å². The molecule has 1 amide bonds. The molecule has 0 radical (unpaired) electrons. The number of aliphatic hydroxyl groups is 2. The van der Waals surface area contributed by atoms with Gasteiger partial charge < -0.3 is 58.5 Å². The molecule has 4 saturated heterocycles. The normalized spacial score (nSPS) is 38.7. The van der Waals surface area contributed by atoms with Crippen LogP contribution in [0.2, 0.25) is 0 Å². The van der Waals surface area contributed by atoms with Gasteiger partial charge in [0.15, 0.2) is 23.1 Å². The fourth-order valence-electron chi connectivity index (χ4n) is 12.1. The molecule has 2 unspecified atom stereocenters. The maximum Gasteiger partial charge on any atom is 0.309 e. The minimum Gasteiger partial charge on any atom is -0.493 e. The van der Waals surface area contributed by atoms with Crippen LogP contribution in [0.4, 0.5) is 0 Å². The van der Waals surface area contributed by atoms with Crippen LogP contribution in [-0.2, 0) is 33.3 Å². The average molecular weight is 944 g/mol. The van der Waals surface area contributed by atoms with E-state index in [1.54, 1.807) is 19.1 Å². The van der Waals surface area contributed by atoms with Crippen molar-refractivity contribution in [3.8, 4) is 17.2 Å². The van der Waals surface area contributed by atoms with E-state index in [4.69, 9.17) is 37.9 Å². The predicted octanol–water partition coefficient (Wildman–Crippen LogP) is 7.65. The quantitative estimate of drug-likeness (QED) is 0.111. The highest BCUT2D eigenvalue weighted by Crippen LogP contribution is 2.54. The zero-order valence-electron chi connectivity index (χ0n) is 42.3. The molecular formula is C52H81NO14. The van der Waals surface area contributed by atoms with Gasteiger partial charge in [-0.1, -0.05) is 61.5 Å². The Bertz CT molecular complexity index is 1920. The number of amides is 1. The lowest BCUT2D eigenvalue weighted by molar-refractivity contribution is -0.397. The molecule has 0 saturated carbocycles. The van der Waals surface area contributed by atoms with Crippen molar-refractivity contribution in [1.82, 2.24) is 5.32 Å². The monoisotopic (exact) mass is 944 g/mol. The van der Waals surface area contributed by atoms with Crippen molar-refractivity contribution in [1.29, 1.82) is 0 Å². The Morgan fingerprint density at radius 1 is 0.851 bits per heavy atom. The van der Waals surface area contributed by atoms with E-state index in [9.17, 15) is 29.7 Å². The van der Waals surface area contributed by atoms with Crippen molar-refractivity contribution >= 4 is 17.7 Å². The molecule has 15 nitrogen and oxygen atoms in total. The molecule has 1 aromatic rings. The Morgan fingerprint density at radius 2 is 1.51 bits per heavy atom. The summed E-state index contributed by atoms with van der Waals surface area (Å²) in [7, 11) is 4.47. The highest BCUT2D eigenvalue weighted by molar-refractivity contribution is 5.96. The predicted molar refractivity (Wildman–Crippen MR) is 250 cm³/mol. The van der Waals surface area contributed by atoms with E-state index in [0.29, 0.717) is 75.0 Å². The minimum atomic E-state index is -1.44. The first-order chi connectivity index (χ1) is 31.6. The standard InChI is InChI=1S/C52H81NO14/c1-14-35(48(57)58)37-18-17-28(4)44(64-37)32(8)42(54)31(7)43(55)36(15-2)45-29(5)25-30(6)51(65-45)22-19-40(53-47(56)34-26-38(60-11)46(62-13)39(27-34)61-12)52(67-51)24-23-49(10,66-52)41-20-21-50(59,16-3)33(9)63-41/h19,22,26-33,35-37,40-42,44-45,54,59H,14-18,20-21,23-25H2,1-13H3,(H,53,56)(H,57,58)/t28-,29-,30+,31-,32-,33-,35+,36?,37+,40?,41+,42+,44+,45-,49-,50+,51-,52-/m0/s1. The lowest BCUT2D eigenvalue weighted by Gasteiger charge is -2.55. The third kappa shape index (κ3) is 10.2. The first kappa shape index (κ1) is 53.0. The lowest BCUT2D eigenvalue weighted by Crippen LogP contribution is -2.65. The number of benzene rings is 1. The topological polar surface area (TPSA) is 198 Å². The van der Waals surface area contributed by atoms with E-state index in [0.717, 1.165) is 6.42 Å². The number of rotatable bonds is 17. The molecule has 1 aromatic carbocycles. The fourth-order valence-corrected chi connectivity index (χ4v) is 12.1. The number of ether oxygens (including phenoxy) is 8. The Balaban J connectivity index is 1.29. The van der Waals surface area contributed by atoms with Gasteiger partial charge in [0, 0.05) is 35.7 Å². The summed E-state index contributed by atoms with van der Waals surface area (Å²) in [6, 6.07) is 2.37. The summed E-state index contributed by atoms with van der Waals surface area (Å²) in [5, 5.41) is 36.3. The largest absolute Gasteiger partial charge is 0.493 e. The van der Waals surface area contributed by atoms with Gasteiger partial charge in [-0.05, 0) is 102 Å². The van der Waals surface area contributed by atoms with Gasteiger partial charge in [-0.2, -0.15) is 0 Å². The number of hydrogen-bond acceptors (Lipinski definition) is 13. The average Bonchev–Trinajstić information content (AvgIpc) is 3.65. The second-order valence-electron chi connectivity index (χ2n) is 20.8. The number of nitrogens with one attached hydrogen (secondary N) is 1. The number of methoxy groups -OCH3 is 3. The number of carbonyl (C=O) groups is 3. The maximum atomic E-state index is 14.8. The number of carboxylic acid groups (broad SMARTS) is 1. The molecule has 4 N–H and O–H groups in total. The van der Waals surface area contributed by atoms with Crippen LogP contribution in [0.5, 0.6) is 17.2 Å². The number of Topliss-reactive ketones (excluding diaryl/α,β-unsaturated/α-hetero) is 1. The molecule has 18 atom stereocenters. The van der Waals surface area contributed by atoms with Gasteiger partial charge in [-0.25, -0.2) is 0 Å². The van der Waals surface area contributed by atoms with E-state index in [1.807, 2.05) is 53.7 Å². The van der Waals surface area contributed by atoms with Crippen LogP contribution >= 0.6 is 0 Å². The van der Waals surface area contributed by atoms with Gasteiger partial charge >= 0.3 is 5.97 Å². The highest BCUT2D eigenvalue weighted by atomic mass is 16.8. The third-order valence-electron chi connectivity index (χ3n) is 16.7. The number of aliphatic carboxylic acids is 1. The van der Waals surface area contributed by atoms with Crippen LogP contribution in [0.1, 0.15) is 144 Å². The van der Waals surface area contributed by atoms with Gasteiger partial charge in [0.05, 0.1) is 75.1 Å². The number of carbonyl (C=O) groups excluding carboxylic acids is 2. The summed E-state index contributed by atoms with van der Waals surface area (Å²) in [4.78, 5) is 41.2. The molecule has 5 aliphatic rings. The second-order valence-corrected chi connectivity index (χ2v) is 20.8. The van der Waals surface area contributed by atoms with Gasteiger partial charge in [-0.3, -0.25) is 14.4 Å². The summed E-state index contributed by atoms with van der Waals surface area (Å²) in [5.41, 5.74) is -1.55. The molecule has 5 aliphatic heterocycles. The first-order valence-corrected chi connectivity index (χ1v) is 25.0. The van der Waals surface area contributed by atoms with Crippen LogP contribution in [0, 0.1) is 41.4 Å². The molecule has 6 rings (SSSR count). The Morgan fingerprint density at radius 3 is 2.07 bits per heavy atom. The minimum absolute atomic E-state index is 0.0599. The SMILES string of the molecule is CCC(C(=O)[C@@H](C)[C@@H](O)[C@H](C)[C@@H]1O[C@@H]([C@@H](CC)C(=O)O)CC[C@@H]1C)[C@H]1O[C@]2(C=CC(NC(=O)c3cc(OC)c(OC)c(OC)c3)[C@]3(CC[C@@](C)([C@H]4CC[C@](O)(CC)[C@H](C)O4)O3)O2)[C@H](C)C[C@@H]1C. The smallest absolute Gasteiger partial charge is 0.309 e. The molecule has 5 heterocycles. The summed E-state index contributed by atoms with van der Waals surface area (Å²) in [6.45, 7) is 19.5. The van der Waals surface area contributed by atoms with Crippen LogP contribution in [0.15, 0.2) is 24.3 Å². The van der Waals surface area contributed by atoms with Crippen LogP contribution in [-0.4, -0.2) is 120 Å². The van der Waals surface area contributed by atoms with E-state index < -0.39 is 94.9 Å². The molecule has 378 valence electrons. The fraction of sp³-hybridized carbons (Fsp3) is 0.788. The van der Waals surface area contributed by atoms with Gasteiger partial charge in [-0.15, -0.1) is 0 Å². The molecule has 4 fully saturated rings. The highest BCUT2D eigenvalue weighted by Gasteiger charge is 2.63. The molecule has 0 aliphatic carbocycles. The van der Waals surface area contributed by atoms with Crippen molar-refractivity contribution in [3.05, 3.63) is 29.8 Å². The van der Waals surface area contributed by atoms with Crippen molar-refractivity contribution in [2.75, 3.05) is 21.3 Å². The zero-order valence-corrected chi connectivity index (χ0v) is 42.3. The van der Waals surface area contributed by atoms with Gasteiger partial charge in [0.1, 0.15) is 11.8 Å². The lowest BCUT2D eigenvalue weighted by atomic mass is 9.72. The van der Waals surface area contributed by atoms with Crippen LogP contribution < -0.4 is 19.5 Å². The Kier molecular flexibility index (Phi) is 16.6. The first-order valence-electron chi connectivity index (χ1n) is 25.0. The number of aliphatic hydroxyl groups excluding tert-OH is 1. The Hall–Kier alpha value is -3.31. The van der Waals surface area contributed by atoms with E-state index in [1.165, 1.54) is 21.3 Å². The summed E-state index contributed by atoms with van der Waals surface area (Å²) < 4.78 is 51.4. The molecule has 67 heavy (non-hydrogen) atoms. The van der Waals surface area contributed by atoms with Crippen molar-refractivity contribution in [2.45, 2.75) is 199 Å². The summed E-state index contributed by atoms with van der Waals surface area (Å²) in [5.74, 6) is -5.87. The van der Waals surface area contributed by atoms with E-state index in [-0.39, 0.29) is 35.2 Å². The molecular weight excluding hydrogens is 863 g/mol. The van der Waals surface area contributed by atoms with Crippen molar-refractivity contribution in [3.63, 3.8) is 0 Å². The van der Waals surface area contributed by atoms with Gasteiger partial charge in [0.2, 0.25) is 5.75 Å². The van der Waals surface area contributed by atoms with Crippen LogP contribution in [0.25, 0.3) is 0 Å². The molecule has 0 bridgehead atoms. The van der Waals surface area contributed by atoms with Crippen molar-refractivity contribution < 1.29 is 67.6 Å². The summed E-state index contributed by atoms with van der Waals surface area (Å²) >= 11 is 0. The molecule has 15 heteroatoms. The number of ketones is 1. The number of carboxylic acids is 1. The molecule has 0 aromatic heterocycles. The maximum absolute atomic E-state index is 14.8. The summed E-state index contributed by atoms with van der Waals surface area (Å²) in [6.07, 6.45) is 5.93. The second kappa shape index (κ2) is 21.0.